The lowest BCUT2D eigenvalue weighted by atomic mass is 10.1. The van der Waals surface area contributed by atoms with Crippen molar-refractivity contribution in [1.29, 1.82) is 0 Å². The Hall–Kier alpha value is -0.960. The summed E-state index contributed by atoms with van der Waals surface area (Å²) in [7, 11) is -6.72. The Kier molecular flexibility index (Phi) is 4.48. The van der Waals surface area contributed by atoms with Gasteiger partial charge in [-0.15, -0.1) is 0 Å². The van der Waals surface area contributed by atoms with Gasteiger partial charge in [-0.3, -0.25) is 0 Å². The predicted octanol–water partition coefficient (Wildman–Crippen LogP) is 0.389. The minimum atomic E-state index is -3.47. The zero-order valence-electron chi connectivity index (χ0n) is 11.2. The first-order chi connectivity index (χ1) is 9.29. The molecule has 0 spiro atoms. The molecule has 0 unspecified atom stereocenters. The number of sulfonamides is 2. The number of nitrogens with zero attached hydrogens (tertiary/aromatic N) is 1. The Labute approximate surface area is 119 Å². The minimum absolute atomic E-state index is 0.188. The third kappa shape index (κ3) is 3.78. The van der Waals surface area contributed by atoms with Crippen LogP contribution in [-0.2, 0) is 20.0 Å². The molecule has 1 N–H and O–H groups in total. The van der Waals surface area contributed by atoms with Crippen molar-refractivity contribution < 1.29 is 16.8 Å². The van der Waals surface area contributed by atoms with E-state index in [4.69, 9.17) is 0 Å². The number of hydrogen-bond donors (Lipinski definition) is 1. The maximum atomic E-state index is 12.4. The van der Waals surface area contributed by atoms with E-state index in [1.807, 2.05) is 0 Å². The molecule has 112 valence electrons. The predicted molar refractivity (Wildman–Crippen MR) is 76.2 cm³/mol. The minimum Gasteiger partial charge on any atom is -0.213 e. The summed E-state index contributed by atoms with van der Waals surface area (Å²) in [6.45, 7) is 0.648. The van der Waals surface area contributed by atoms with Gasteiger partial charge < -0.3 is 0 Å². The molecule has 1 aromatic rings. The molecule has 0 bridgehead atoms. The second-order valence-electron chi connectivity index (χ2n) is 4.88. The fraction of sp³-hybridized carbons (Fsp3) is 0.500. The van der Waals surface area contributed by atoms with Crippen molar-refractivity contribution >= 4 is 20.0 Å². The Morgan fingerprint density at radius 1 is 1.05 bits per heavy atom. The molecule has 1 aliphatic rings. The average Bonchev–Trinajstić information content (AvgIpc) is 2.38. The number of hydrogen-bond acceptors (Lipinski definition) is 4. The second kappa shape index (κ2) is 5.80. The van der Waals surface area contributed by atoms with Crippen LogP contribution in [0.15, 0.2) is 35.2 Å². The van der Waals surface area contributed by atoms with Crippen molar-refractivity contribution in [3.05, 3.63) is 30.3 Å². The summed E-state index contributed by atoms with van der Waals surface area (Å²) in [6.07, 6.45) is 2.08. The average molecular weight is 318 g/mol. The second-order valence-corrected chi connectivity index (χ2v) is 8.60. The van der Waals surface area contributed by atoms with Crippen molar-refractivity contribution in [1.82, 2.24) is 9.03 Å². The van der Waals surface area contributed by atoms with Gasteiger partial charge in [-0.2, -0.15) is 4.31 Å². The zero-order chi connectivity index (χ0) is 14.8. The Morgan fingerprint density at radius 3 is 2.10 bits per heavy atom. The van der Waals surface area contributed by atoms with Gasteiger partial charge in [0.2, 0.25) is 20.0 Å². The Balaban J connectivity index is 2.04. The van der Waals surface area contributed by atoms with Gasteiger partial charge in [0.25, 0.3) is 0 Å². The molecule has 1 fully saturated rings. The van der Waals surface area contributed by atoms with Crippen LogP contribution in [-0.4, -0.2) is 46.5 Å². The van der Waals surface area contributed by atoms with Crippen LogP contribution < -0.4 is 4.72 Å². The lowest BCUT2D eigenvalue weighted by Gasteiger charge is -2.31. The summed E-state index contributed by atoms with van der Waals surface area (Å²) in [6, 6.07) is 8.08. The number of piperidine rings is 1. The van der Waals surface area contributed by atoms with Gasteiger partial charge in [-0.1, -0.05) is 18.2 Å². The van der Waals surface area contributed by atoms with Gasteiger partial charge >= 0.3 is 0 Å². The normalized spacial score (nSPS) is 19.1. The van der Waals surface area contributed by atoms with Crippen LogP contribution in [0.1, 0.15) is 12.8 Å². The molecule has 20 heavy (non-hydrogen) atoms. The van der Waals surface area contributed by atoms with E-state index in [1.54, 1.807) is 30.3 Å². The summed E-state index contributed by atoms with van der Waals surface area (Å²) in [4.78, 5) is 0.273. The Bertz CT molecular complexity index is 648. The summed E-state index contributed by atoms with van der Waals surface area (Å²) >= 11 is 0. The molecular weight excluding hydrogens is 300 g/mol. The Morgan fingerprint density at radius 2 is 1.60 bits per heavy atom. The molecule has 1 aliphatic heterocycles. The maximum Gasteiger partial charge on any atom is 0.243 e. The maximum absolute atomic E-state index is 12.4. The van der Waals surface area contributed by atoms with E-state index in [0.717, 1.165) is 6.26 Å². The fourth-order valence-corrected chi connectivity index (χ4v) is 4.59. The zero-order valence-corrected chi connectivity index (χ0v) is 12.8. The molecular formula is C12H18N2O4S2. The third-order valence-electron chi connectivity index (χ3n) is 3.22. The SMILES string of the molecule is CS(=O)(=O)NC1CCN(S(=O)(=O)c2ccccc2)CC1. The van der Waals surface area contributed by atoms with E-state index in [1.165, 1.54) is 4.31 Å². The third-order valence-corrected chi connectivity index (χ3v) is 5.89. The van der Waals surface area contributed by atoms with Gasteiger partial charge in [-0.25, -0.2) is 21.6 Å². The smallest absolute Gasteiger partial charge is 0.213 e. The van der Waals surface area contributed by atoms with E-state index in [-0.39, 0.29) is 10.9 Å². The lowest BCUT2D eigenvalue weighted by molar-refractivity contribution is 0.309. The van der Waals surface area contributed by atoms with E-state index in [2.05, 4.69) is 4.72 Å². The first-order valence-electron chi connectivity index (χ1n) is 6.31. The molecule has 0 atom stereocenters. The van der Waals surface area contributed by atoms with Crippen molar-refractivity contribution in [3.8, 4) is 0 Å². The van der Waals surface area contributed by atoms with Crippen LogP contribution in [0, 0.1) is 0 Å². The topological polar surface area (TPSA) is 83.6 Å². The molecule has 6 nitrogen and oxygen atoms in total. The van der Waals surface area contributed by atoms with E-state index >= 15 is 0 Å². The van der Waals surface area contributed by atoms with E-state index in [0.29, 0.717) is 25.9 Å². The molecule has 0 aliphatic carbocycles. The quantitative estimate of drug-likeness (QED) is 0.870. The van der Waals surface area contributed by atoms with Crippen molar-refractivity contribution in [2.24, 2.45) is 0 Å². The number of benzene rings is 1. The van der Waals surface area contributed by atoms with E-state index in [9.17, 15) is 16.8 Å². The van der Waals surface area contributed by atoms with Gasteiger partial charge in [0.05, 0.1) is 11.2 Å². The van der Waals surface area contributed by atoms with Crippen molar-refractivity contribution in [3.63, 3.8) is 0 Å². The lowest BCUT2D eigenvalue weighted by Crippen LogP contribution is -2.46. The molecule has 2 rings (SSSR count). The molecule has 0 amide bonds. The monoisotopic (exact) mass is 318 g/mol. The largest absolute Gasteiger partial charge is 0.243 e. The highest BCUT2D eigenvalue weighted by atomic mass is 32.2. The first-order valence-corrected chi connectivity index (χ1v) is 9.65. The van der Waals surface area contributed by atoms with Crippen LogP contribution in [0.5, 0.6) is 0 Å². The van der Waals surface area contributed by atoms with Gasteiger partial charge in [0, 0.05) is 19.1 Å². The molecule has 1 heterocycles. The molecule has 8 heteroatoms. The van der Waals surface area contributed by atoms with Crippen LogP contribution in [0.3, 0.4) is 0 Å². The van der Waals surface area contributed by atoms with Crippen LogP contribution >= 0.6 is 0 Å². The summed E-state index contributed by atoms with van der Waals surface area (Å²) in [5.41, 5.74) is 0. The van der Waals surface area contributed by atoms with Gasteiger partial charge in [-0.05, 0) is 25.0 Å². The first kappa shape index (κ1) is 15.4. The number of nitrogens with one attached hydrogen (secondary N) is 1. The van der Waals surface area contributed by atoms with Gasteiger partial charge in [0.1, 0.15) is 0 Å². The van der Waals surface area contributed by atoms with Crippen LogP contribution in [0.2, 0.25) is 0 Å². The van der Waals surface area contributed by atoms with Crippen molar-refractivity contribution in [2.45, 2.75) is 23.8 Å². The van der Waals surface area contributed by atoms with Gasteiger partial charge in [0.15, 0.2) is 0 Å². The highest BCUT2D eigenvalue weighted by molar-refractivity contribution is 7.89. The highest BCUT2D eigenvalue weighted by Gasteiger charge is 2.30. The summed E-state index contributed by atoms with van der Waals surface area (Å²) in [5, 5.41) is 0. The molecule has 1 aromatic carbocycles. The standard InChI is InChI=1S/C12H18N2O4S2/c1-19(15,16)13-11-7-9-14(10-8-11)20(17,18)12-5-3-2-4-6-12/h2-6,11,13H,7-10H2,1H3. The number of rotatable bonds is 4. The van der Waals surface area contributed by atoms with Crippen LogP contribution in [0.25, 0.3) is 0 Å². The van der Waals surface area contributed by atoms with E-state index < -0.39 is 20.0 Å². The van der Waals surface area contributed by atoms with Crippen LogP contribution in [0.4, 0.5) is 0 Å². The summed E-state index contributed by atoms with van der Waals surface area (Å²) in [5.74, 6) is 0. The molecule has 0 aromatic heterocycles. The molecule has 0 saturated carbocycles. The van der Waals surface area contributed by atoms with Crippen molar-refractivity contribution in [2.75, 3.05) is 19.3 Å². The summed E-state index contributed by atoms with van der Waals surface area (Å²) < 4.78 is 51.0. The molecule has 1 saturated heterocycles. The fourth-order valence-electron chi connectivity index (χ4n) is 2.26. The molecule has 0 radical (unpaired) electrons. The highest BCUT2D eigenvalue weighted by Crippen LogP contribution is 2.20.